The lowest BCUT2D eigenvalue weighted by Gasteiger charge is -2.10. The van der Waals surface area contributed by atoms with Crippen LogP contribution in [0.2, 0.25) is 0 Å². The van der Waals surface area contributed by atoms with Gasteiger partial charge >= 0.3 is 0 Å². The van der Waals surface area contributed by atoms with Gasteiger partial charge in [0.25, 0.3) is 0 Å². The minimum Gasteiger partial charge on any atom is -0.493 e. The van der Waals surface area contributed by atoms with Crippen LogP contribution in [0.15, 0.2) is 36.4 Å². The number of ether oxygens (including phenoxy) is 2. The lowest BCUT2D eigenvalue weighted by Crippen LogP contribution is -1.93. The molecule has 20 heavy (non-hydrogen) atoms. The van der Waals surface area contributed by atoms with E-state index in [9.17, 15) is 0 Å². The normalized spacial score (nSPS) is 10.8. The highest BCUT2D eigenvalue weighted by atomic mass is 16.5. The summed E-state index contributed by atoms with van der Waals surface area (Å²) in [4.78, 5) is 8.01. The van der Waals surface area contributed by atoms with E-state index in [1.807, 2.05) is 30.3 Å². The van der Waals surface area contributed by atoms with Crippen molar-refractivity contribution in [2.45, 2.75) is 6.92 Å². The van der Waals surface area contributed by atoms with E-state index in [-0.39, 0.29) is 0 Å². The third-order valence-corrected chi connectivity index (χ3v) is 3.37. The van der Waals surface area contributed by atoms with Gasteiger partial charge in [-0.2, -0.15) is 0 Å². The van der Waals surface area contributed by atoms with E-state index in [0.29, 0.717) is 11.5 Å². The van der Waals surface area contributed by atoms with E-state index in [4.69, 9.17) is 9.47 Å². The molecule has 4 heteroatoms. The Bertz CT molecular complexity index is 762. The number of hydrogen-bond acceptors (Lipinski definition) is 3. The topological polar surface area (TPSA) is 47.1 Å². The summed E-state index contributed by atoms with van der Waals surface area (Å²) in [6.45, 7) is 2.05. The number of aromatic nitrogens is 2. The maximum atomic E-state index is 5.46. The third kappa shape index (κ3) is 1.90. The number of aromatic amines is 1. The van der Waals surface area contributed by atoms with Gasteiger partial charge in [0.15, 0.2) is 11.5 Å². The monoisotopic (exact) mass is 268 g/mol. The highest BCUT2D eigenvalue weighted by Crippen LogP contribution is 2.37. The zero-order chi connectivity index (χ0) is 14.1. The molecule has 0 amide bonds. The van der Waals surface area contributed by atoms with Crippen molar-refractivity contribution in [2.24, 2.45) is 0 Å². The Morgan fingerprint density at radius 3 is 2.50 bits per heavy atom. The molecular formula is C16H16N2O2. The lowest BCUT2D eigenvalue weighted by atomic mass is 10.1. The number of nitrogens with zero attached hydrogens (tertiary/aromatic N) is 1. The maximum Gasteiger partial charge on any atom is 0.171 e. The van der Waals surface area contributed by atoms with Gasteiger partial charge in [0, 0.05) is 0 Å². The van der Waals surface area contributed by atoms with E-state index < -0.39 is 0 Å². The summed E-state index contributed by atoms with van der Waals surface area (Å²) in [5.41, 5.74) is 4.03. The van der Waals surface area contributed by atoms with Gasteiger partial charge in [-0.3, -0.25) is 0 Å². The molecule has 0 fully saturated rings. The molecule has 1 aromatic heterocycles. The highest BCUT2D eigenvalue weighted by molar-refractivity contribution is 5.83. The van der Waals surface area contributed by atoms with Crippen molar-refractivity contribution in [3.8, 4) is 22.9 Å². The van der Waals surface area contributed by atoms with Crippen LogP contribution >= 0.6 is 0 Å². The number of hydrogen-bond donors (Lipinski definition) is 1. The molecule has 3 aromatic rings. The van der Waals surface area contributed by atoms with Crippen LogP contribution in [0, 0.1) is 6.92 Å². The van der Waals surface area contributed by atoms with Crippen molar-refractivity contribution in [3.63, 3.8) is 0 Å². The first kappa shape index (κ1) is 12.5. The van der Waals surface area contributed by atoms with Crippen molar-refractivity contribution in [1.82, 2.24) is 9.97 Å². The van der Waals surface area contributed by atoms with Gasteiger partial charge in [-0.05, 0) is 30.7 Å². The predicted octanol–water partition coefficient (Wildman–Crippen LogP) is 3.56. The minimum absolute atomic E-state index is 0.687. The average molecular weight is 268 g/mol. The number of H-pyrrole nitrogens is 1. The molecule has 0 radical (unpaired) electrons. The Morgan fingerprint density at radius 1 is 1.00 bits per heavy atom. The summed E-state index contributed by atoms with van der Waals surface area (Å²) in [5, 5.41) is 0. The number of benzene rings is 2. The van der Waals surface area contributed by atoms with Crippen LogP contribution in [0.5, 0.6) is 11.5 Å². The number of nitrogens with one attached hydrogen (secondary N) is 1. The third-order valence-electron chi connectivity index (χ3n) is 3.37. The molecule has 0 spiro atoms. The Kier molecular flexibility index (Phi) is 3.06. The fourth-order valence-electron chi connectivity index (χ4n) is 2.38. The number of fused-ring (bicyclic) bond motifs is 1. The van der Waals surface area contributed by atoms with Gasteiger partial charge in [0.1, 0.15) is 5.82 Å². The average Bonchev–Trinajstić information content (AvgIpc) is 2.91. The van der Waals surface area contributed by atoms with E-state index in [0.717, 1.165) is 28.0 Å². The molecule has 0 saturated heterocycles. The van der Waals surface area contributed by atoms with Gasteiger partial charge in [-0.1, -0.05) is 18.2 Å². The number of methoxy groups -OCH3 is 2. The van der Waals surface area contributed by atoms with Crippen LogP contribution in [0.4, 0.5) is 0 Å². The van der Waals surface area contributed by atoms with Crippen molar-refractivity contribution in [1.29, 1.82) is 0 Å². The number of aryl methyl sites for hydroxylation is 1. The highest BCUT2D eigenvalue weighted by Gasteiger charge is 2.15. The quantitative estimate of drug-likeness (QED) is 0.790. The van der Waals surface area contributed by atoms with Gasteiger partial charge in [-0.15, -0.1) is 0 Å². The molecule has 4 nitrogen and oxygen atoms in total. The molecule has 1 heterocycles. The van der Waals surface area contributed by atoms with Crippen molar-refractivity contribution in [3.05, 3.63) is 42.0 Å². The first-order valence-corrected chi connectivity index (χ1v) is 6.41. The molecule has 0 aliphatic heterocycles. The minimum atomic E-state index is 0.687. The molecule has 0 atom stereocenters. The summed E-state index contributed by atoms with van der Waals surface area (Å²) in [6.07, 6.45) is 0. The van der Waals surface area contributed by atoms with Crippen LogP contribution in [-0.4, -0.2) is 24.2 Å². The van der Waals surface area contributed by atoms with Crippen molar-refractivity contribution in [2.75, 3.05) is 14.2 Å². The van der Waals surface area contributed by atoms with E-state index in [2.05, 4.69) is 23.0 Å². The summed E-state index contributed by atoms with van der Waals surface area (Å²) in [5.74, 6) is 2.17. The second-order valence-corrected chi connectivity index (χ2v) is 4.60. The Hall–Kier alpha value is -2.49. The van der Waals surface area contributed by atoms with E-state index >= 15 is 0 Å². The molecule has 0 aliphatic carbocycles. The Labute approximate surface area is 117 Å². The largest absolute Gasteiger partial charge is 0.493 e. The van der Waals surface area contributed by atoms with Gasteiger partial charge < -0.3 is 14.5 Å². The number of imidazole rings is 1. The van der Waals surface area contributed by atoms with Gasteiger partial charge in [0.05, 0.1) is 30.8 Å². The molecule has 0 unspecified atom stereocenters. The molecular weight excluding hydrogens is 252 g/mol. The second kappa shape index (κ2) is 4.89. The molecule has 0 bridgehead atoms. The van der Waals surface area contributed by atoms with Crippen molar-refractivity contribution >= 4 is 11.0 Å². The van der Waals surface area contributed by atoms with Crippen LogP contribution in [0.25, 0.3) is 22.4 Å². The molecule has 2 aromatic carbocycles. The van der Waals surface area contributed by atoms with Crippen LogP contribution in [0.3, 0.4) is 0 Å². The first-order valence-electron chi connectivity index (χ1n) is 6.41. The van der Waals surface area contributed by atoms with Crippen LogP contribution < -0.4 is 9.47 Å². The second-order valence-electron chi connectivity index (χ2n) is 4.60. The number of rotatable bonds is 3. The van der Waals surface area contributed by atoms with Gasteiger partial charge in [0.2, 0.25) is 0 Å². The zero-order valence-corrected chi connectivity index (χ0v) is 11.7. The molecule has 1 N–H and O–H groups in total. The molecule has 0 saturated carbocycles. The molecule has 102 valence electrons. The Morgan fingerprint density at radius 2 is 1.80 bits per heavy atom. The van der Waals surface area contributed by atoms with E-state index in [1.54, 1.807) is 14.2 Å². The molecule has 3 rings (SSSR count). The number of para-hydroxylation sites is 2. The Balaban J connectivity index is 2.23. The zero-order valence-electron chi connectivity index (χ0n) is 11.7. The summed E-state index contributed by atoms with van der Waals surface area (Å²) < 4.78 is 10.8. The SMILES string of the molecule is COc1cccc(-c2nc3c(C)cccc3[nH]2)c1OC. The fraction of sp³-hybridized carbons (Fsp3) is 0.188. The fourth-order valence-corrected chi connectivity index (χ4v) is 2.38. The summed E-state index contributed by atoms with van der Waals surface area (Å²) in [7, 11) is 3.26. The smallest absolute Gasteiger partial charge is 0.171 e. The standard InChI is InChI=1S/C16H16N2O2/c1-10-6-4-8-12-14(10)18-16(17-12)11-7-5-9-13(19-2)15(11)20-3/h4-9H,1-3H3,(H,17,18). The van der Waals surface area contributed by atoms with Crippen molar-refractivity contribution < 1.29 is 9.47 Å². The summed E-state index contributed by atoms with van der Waals surface area (Å²) >= 11 is 0. The van der Waals surface area contributed by atoms with Crippen LogP contribution in [-0.2, 0) is 0 Å². The van der Waals surface area contributed by atoms with Gasteiger partial charge in [-0.25, -0.2) is 4.98 Å². The first-order chi connectivity index (χ1) is 9.74. The van der Waals surface area contributed by atoms with E-state index in [1.165, 1.54) is 0 Å². The summed E-state index contributed by atoms with van der Waals surface area (Å²) in [6, 6.07) is 11.9. The molecule has 0 aliphatic rings. The van der Waals surface area contributed by atoms with Crippen LogP contribution in [0.1, 0.15) is 5.56 Å². The predicted molar refractivity (Wildman–Crippen MR) is 79.4 cm³/mol. The lowest BCUT2D eigenvalue weighted by molar-refractivity contribution is 0.356. The maximum absolute atomic E-state index is 5.46.